The highest BCUT2D eigenvalue weighted by molar-refractivity contribution is 9.10. The van der Waals surface area contributed by atoms with Crippen LogP contribution in [0.4, 0.5) is 4.39 Å². The Morgan fingerprint density at radius 2 is 1.60 bits per heavy atom. The first-order valence-corrected chi connectivity index (χ1v) is 4.94. The van der Waals surface area contributed by atoms with E-state index in [9.17, 15) is 4.39 Å². The van der Waals surface area contributed by atoms with E-state index in [0.717, 1.165) is 0 Å². The molecule has 0 radical (unpaired) electrons. The lowest BCUT2D eigenvalue weighted by molar-refractivity contribution is 0.475. The van der Waals surface area contributed by atoms with Crippen molar-refractivity contribution in [3.05, 3.63) is 47.2 Å². The fraction of sp³-hybridized carbons (Fsp3) is 0. The average molecular weight is 269 g/mol. The molecule has 0 unspecified atom stereocenters. The molecule has 76 valence electrons. The highest BCUT2D eigenvalue weighted by Gasteiger charge is 1.98. The normalized spacial score (nSPS) is 10.0. The van der Waals surface area contributed by atoms with E-state index in [2.05, 4.69) is 25.9 Å². The Morgan fingerprint density at radius 1 is 1.00 bits per heavy atom. The van der Waals surface area contributed by atoms with Gasteiger partial charge >= 0.3 is 0 Å². The first-order chi connectivity index (χ1) is 7.24. The Bertz CT molecular complexity index is 400. The quantitative estimate of drug-likeness (QED) is 0.785. The highest BCUT2D eigenvalue weighted by Crippen LogP contribution is 2.20. The van der Waals surface area contributed by atoms with Gasteiger partial charge in [0.25, 0.3) is 0 Å². The van der Waals surface area contributed by atoms with Gasteiger partial charge in [-0.1, -0.05) is 0 Å². The van der Waals surface area contributed by atoms with Crippen molar-refractivity contribution in [3.8, 4) is 11.5 Å². The maximum absolute atomic E-state index is 12.6. The van der Waals surface area contributed by atoms with Crippen molar-refractivity contribution in [2.24, 2.45) is 0 Å². The number of hydrogen-bond acceptors (Lipinski definition) is 3. The van der Waals surface area contributed by atoms with Crippen LogP contribution in [-0.2, 0) is 0 Å². The third kappa shape index (κ3) is 2.73. The minimum absolute atomic E-state index is 0.297. The molecule has 2 aromatic rings. The van der Waals surface area contributed by atoms with Gasteiger partial charge in [-0.25, -0.2) is 14.4 Å². The second kappa shape index (κ2) is 4.35. The van der Waals surface area contributed by atoms with Gasteiger partial charge in [0.05, 0.1) is 12.4 Å². The number of rotatable bonds is 2. The van der Waals surface area contributed by atoms with Crippen LogP contribution in [0, 0.1) is 5.82 Å². The van der Waals surface area contributed by atoms with E-state index in [4.69, 9.17) is 4.74 Å². The van der Waals surface area contributed by atoms with Crippen molar-refractivity contribution in [2.45, 2.75) is 0 Å². The van der Waals surface area contributed by atoms with Crippen molar-refractivity contribution < 1.29 is 9.13 Å². The van der Waals surface area contributed by atoms with Gasteiger partial charge in [0, 0.05) is 0 Å². The smallest absolute Gasteiger partial charge is 0.196 e. The van der Waals surface area contributed by atoms with E-state index in [1.165, 1.54) is 36.7 Å². The molecule has 0 spiro atoms. The van der Waals surface area contributed by atoms with Gasteiger partial charge in [0.15, 0.2) is 10.5 Å². The van der Waals surface area contributed by atoms with Crippen molar-refractivity contribution in [2.75, 3.05) is 0 Å². The van der Waals surface area contributed by atoms with Gasteiger partial charge < -0.3 is 4.74 Å². The van der Waals surface area contributed by atoms with Crippen LogP contribution in [0.5, 0.6) is 11.5 Å². The zero-order valence-electron chi connectivity index (χ0n) is 7.52. The Hall–Kier alpha value is -1.49. The van der Waals surface area contributed by atoms with Gasteiger partial charge in [-0.3, -0.25) is 0 Å². The van der Waals surface area contributed by atoms with Crippen LogP contribution in [0.15, 0.2) is 41.4 Å². The molecule has 0 aliphatic rings. The standard InChI is InChI=1S/C10H6BrFN2O/c11-10-13-5-9(6-14-10)15-8-3-1-7(12)2-4-8/h1-6H. The molecule has 0 saturated carbocycles. The highest BCUT2D eigenvalue weighted by atomic mass is 79.9. The number of halogens is 2. The van der Waals surface area contributed by atoms with Crippen LogP contribution in [-0.4, -0.2) is 9.97 Å². The van der Waals surface area contributed by atoms with Crippen molar-refractivity contribution in [3.63, 3.8) is 0 Å². The number of benzene rings is 1. The summed E-state index contributed by atoms with van der Waals surface area (Å²) >= 11 is 3.11. The number of hydrogen-bond donors (Lipinski definition) is 0. The molecule has 5 heteroatoms. The van der Waals surface area contributed by atoms with E-state index in [1.807, 2.05) is 0 Å². The van der Waals surface area contributed by atoms with Crippen LogP contribution >= 0.6 is 15.9 Å². The maximum Gasteiger partial charge on any atom is 0.196 e. The van der Waals surface area contributed by atoms with Crippen LogP contribution < -0.4 is 4.74 Å². The summed E-state index contributed by atoms with van der Waals surface area (Å²) in [5.74, 6) is 0.751. The lowest BCUT2D eigenvalue weighted by Gasteiger charge is -2.03. The molecule has 0 fully saturated rings. The topological polar surface area (TPSA) is 35.0 Å². The molecule has 1 heterocycles. The minimum Gasteiger partial charge on any atom is -0.454 e. The first kappa shape index (κ1) is 10.0. The van der Waals surface area contributed by atoms with E-state index < -0.39 is 0 Å². The lowest BCUT2D eigenvalue weighted by atomic mass is 10.3. The Kier molecular flexibility index (Phi) is 2.91. The molecule has 1 aromatic carbocycles. The number of nitrogens with zero attached hydrogens (tertiary/aromatic N) is 2. The zero-order valence-corrected chi connectivity index (χ0v) is 9.11. The first-order valence-electron chi connectivity index (χ1n) is 4.15. The second-order valence-corrected chi connectivity index (χ2v) is 3.45. The molecule has 2 rings (SSSR count). The predicted molar refractivity (Wildman–Crippen MR) is 56.2 cm³/mol. The largest absolute Gasteiger partial charge is 0.454 e. The fourth-order valence-corrected chi connectivity index (χ4v) is 1.20. The van der Waals surface area contributed by atoms with E-state index >= 15 is 0 Å². The molecule has 15 heavy (non-hydrogen) atoms. The Morgan fingerprint density at radius 3 is 2.20 bits per heavy atom. The molecule has 0 atom stereocenters. The second-order valence-electron chi connectivity index (χ2n) is 2.74. The van der Waals surface area contributed by atoms with Gasteiger partial charge in [-0.15, -0.1) is 0 Å². The third-order valence-electron chi connectivity index (χ3n) is 1.65. The van der Waals surface area contributed by atoms with E-state index in [-0.39, 0.29) is 5.82 Å². The van der Waals surface area contributed by atoms with Gasteiger partial charge in [0.2, 0.25) is 0 Å². The lowest BCUT2D eigenvalue weighted by Crippen LogP contribution is -1.87. The van der Waals surface area contributed by atoms with Crippen molar-refractivity contribution >= 4 is 15.9 Å². The van der Waals surface area contributed by atoms with Crippen molar-refractivity contribution in [1.29, 1.82) is 0 Å². The number of ether oxygens (including phenoxy) is 1. The van der Waals surface area contributed by atoms with Gasteiger partial charge in [-0.05, 0) is 40.2 Å². The monoisotopic (exact) mass is 268 g/mol. The molecular weight excluding hydrogens is 263 g/mol. The summed E-state index contributed by atoms with van der Waals surface area (Å²) in [4.78, 5) is 7.80. The molecule has 3 nitrogen and oxygen atoms in total. The van der Waals surface area contributed by atoms with Crippen LogP contribution in [0.2, 0.25) is 0 Å². The summed E-state index contributed by atoms with van der Waals surface area (Å²) in [7, 11) is 0. The average Bonchev–Trinajstić information content (AvgIpc) is 2.25. The molecule has 0 bridgehead atoms. The molecule has 0 saturated heterocycles. The van der Waals surface area contributed by atoms with Crippen LogP contribution in [0.1, 0.15) is 0 Å². The molecule has 1 aromatic heterocycles. The Labute approximate surface area is 94.1 Å². The molecule has 0 amide bonds. The SMILES string of the molecule is Fc1ccc(Oc2cnc(Br)nc2)cc1. The minimum atomic E-state index is -0.297. The predicted octanol–water partition coefficient (Wildman–Crippen LogP) is 3.17. The Balaban J connectivity index is 2.15. The fourth-order valence-electron chi connectivity index (χ4n) is 0.992. The zero-order chi connectivity index (χ0) is 10.7. The molecule has 0 aliphatic carbocycles. The molecule has 0 aliphatic heterocycles. The third-order valence-corrected chi connectivity index (χ3v) is 2.06. The summed E-state index contributed by atoms with van der Waals surface area (Å²) in [5, 5.41) is 0. The molecule has 0 N–H and O–H groups in total. The van der Waals surface area contributed by atoms with Crippen molar-refractivity contribution in [1.82, 2.24) is 9.97 Å². The summed E-state index contributed by atoms with van der Waals surface area (Å²) < 4.78 is 18.5. The van der Waals surface area contributed by atoms with Gasteiger partial charge in [-0.2, -0.15) is 0 Å². The maximum atomic E-state index is 12.6. The summed E-state index contributed by atoms with van der Waals surface area (Å²) in [6.07, 6.45) is 3.06. The summed E-state index contributed by atoms with van der Waals surface area (Å²) in [5.41, 5.74) is 0. The summed E-state index contributed by atoms with van der Waals surface area (Å²) in [6.45, 7) is 0. The molecular formula is C10H6BrFN2O. The van der Waals surface area contributed by atoms with E-state index in [1.54, 1.807) is 0 Å². The van der Waals surface area contributed by atoms with Crippen LogP contribution in [0.25, 0.3) is 0 Å². The number of aromatic nitrogens is 2. The summed E-state index contributed by atoms with van der Waals surface area (Å²) in [6, 6.07) is 5.73. The van der Waals surface area contributed by atoms with Crippen LogP contribution in [0.3, 0.4) is 0 Å². The van der Waals surface area contributed by atoms with E-state index in [0.29, 0.717) is 16.2 Å². The van der Waals surface area contributed by atoms with Gasteiger partial charge in [0.1, 0.15) is 11.6 Å².